The summed E-state index contributed by atoms with van der Waals surface area (Å²) in [6.45, 7) is 8.46. The molecule has 18 heavy (non-hydrogen) atoms. The molecule has 1 rings (SSSR count). The summed E-state index contributed by atoms with van der Waals surface area (Å²) in [6, 6.07) is -0.237. The molecule has 0 aromatic rings. The molecule has 102 valence electrons. The Hall–Kier alpha value is -1.25. The van der Waals surface area contributed by atoms with Gasteiger partial charge in [-0.2, -0.15) is 0 Å². The number of ether oxygens (including phenoxy) is 1. The monoisotopic (exact) mass is 252 g/mol. The van der Waals surface area contributed by atoms with Crippen LogP contribution in [0.4, 0.5) is 0 Å². The third-order valence-corrected chi connectivity index (χ3v) is 3.91. The average molecular weight is 252 g/mol. The lowest BCUT2D eigenvalue weighted by molar-refractivity contribution is 0.00685. The Morgan fingerprint density at radius 3 is 2.83 bits per heavy atom. The maximum absolute atomic E-state index is 10.3. The topological polar surface area (TPSA) is 64.3 Å². The van der Waals surface area contributed by atoms with Gasteiger partial charge in [0.2, 0.25) is 0 Å². The summed E-state index contributed by atoms with van der Waals surface area (Å²) in [5.74, 6) is 3.49. The van der Waals surface area contributed by atoms with E-state index in [1.165, 1.54) is 6.20 Å². The Morgan fingerprint density at radius 1 is 1.61 bits per heavy atom. The van der Waals surface area contributed by atoms with Crippen LogP contribution < -0.4 is 11.1 Å². The summed E-state index contributed by atoms with van der Waals surface area (Å²) >= 11 is 0. The fourth-order valence-electron chi connectivity index (χ4n) is 2.39. The normalized spacial score (nSPS) is 30.5. The van der Waals surface area contributed by atoms with E-state index in [1.807, 2.05) is 13.0 Å². The maximum Gasteiger partial charge on any atom is 0.141 e. The summed E-state index contributed by atoms with van der Waals surface area (Å²) in [4.78, 5) is 10.3. The van der Waals surface area contributed by atoms with Gasteiger partial charge in [0.05, 0.1) is 24.0 Å². The molecule has 3 N–H and O–H groups in total. The number of hydrogen-bond donors (Lipinski definition) is 2. The molecule has 0 aromatic carbocycles. The van der Waals surface area contributed by atoms with Crippen LogP contribution in [-0.4, -0.2) is 24.1 Å². The number of nitrogens with two attached hydrogens (primary N) is 1. The first kappa shape index (κ1) is 14.8. The average Bonchev–Trinajstić information content (AvgIpc) is 2.35. The largest absolute Gasteiger partial charge is 0.493 e. The second kappa shape index (κ2) is 6.62. The molecule has 0 fully saturated rings. The van der Waals surface area contributed by atoms with Gasteiger partial charge in [0.15, 0.2) is 0 Å². The zero-order chi connectivity index (χ0) is 13.7. The smallest absolute Gasteiger partial charge is 0.141 e. The van der Waals surface area contributed by atoms with Crippen molar-refractivity contribution in [3.05, 3.63) is 18.0 Å². The van der Waals surface area contributed by atoms with E-state index < -0.39 is 0 Å². The minimum absolute atomic E-state index is 0.0236. The summed E-state index contributed by atoms with van der Waals surface area (Å²) < 4.78 is 5.92. The fraction of sp³-hybridized carbons (Fsp3) is 0.714. The Balaban J connectivity index is 2.89. The van der Waals surface area contributed by atoms with Crippen LogP contribution in [-0.2, 0) is 9.53 Å². The highest BCUT2D eigenvalue weighted by molar-refractivity contribution is 5.44. The number of carbonyl (C=O) groups excluding carboxylic acids is 1. The molecular weight excluding hydrogens is 228 g/mol. The van der Waals surface area contributed by atoms with E-state index in [1.54, 1.807) is 5.94 Å². The van der Waals surface area contributed by atoms with Crippen LogP contribution >= 0.6 is 0 Å². The molecule has 0 saturated carbocycles. The van der Waals surface area contributed by atoms with Crippen LogP contribution in [0.2, 0.25) is 0 Å². The van der Waals surface area contributed by atoms with Crippen molar-refractivity contribution in [1.82, 2.24) is 5.32 Å². The molecule has 0 aromatic heterocycles. The quantitative estimate of drug-likeness (QED) is 0.730. The van der Waals surface area contributed by atoms with E-state index in [0.29, 0.717) is 11.8 Å². The summed E-state index contributed by atoms with van der Waals surface area (Å²) in [7, 11) is 0. The predicted molar refractivity (Wildman–Crippen MR) is 72.4 cm³/mol. The Bertz CT molecular complexity index is 348. The first-order chi connectivity index (χ1) is 8.51. The summed E-state index contributed by atoms with van der Waals surface area (Å²) in [5.41, 5.74) is 6.11. The van der Waals surface area contributed by atoms with Gasteiger partial charge in [-0.15, -0.1) is 0 Å². The molecule has 0 spiro atoms. The Morgan fingerprint density at radius 2 is 2.28 bits per heavy atom. The van der Waals surface area contributed by atoms with Crippen molar-refractivity contribution in [3.63, 3.8) is 0 Å². The zero-order valence-corrected chi connectivity index (χ0v) is 11.6. The lowest BCUT2D eigenvalue weighted by Crippen LogP contribution is -2.56. The molecular formula is C14H24N2O2. The van der Waals surface area contributed by atoms with E-state index in [2.05, 4.69) is 26.1 Å². The third kappa shape index (κ3) is 3.37. The Kier molecular flexibility index (Phi) is 5.45. The minimum atomic E-state index is -0.153. The van der Waals surface area contributed by atoms with Crippen molar-refractivity contribution < 1.29 is 9.53 Å². The second-order valence-corrected chi connectivity index (χ2v) is 5.14. The van der Waals surface area contributed by atoms with E-state index in [9.17, 15) is 4.79 Å². The van der Waals surface area contributed by atoms with Crippen LogP contribution in [0.15, 0.2) is 18.0 Å². The van der Waals surface area contributed by atoms with E-state index in [0.717, 1.165) is 12.2 Å². The molecule has 5 atom stereocenters. The molecule has 0 amide bonds. The second-order valence-electron chi connectivity index (χ2n) is 5.14. The highest BCUT2D eigenvalue weighted by Gasteiger charge is 2.36. The Labute approximate surface area is 109 Å². The number of allylic oxidation sites excluding steroid dienone is 1. The molecule has 0 radical (unpaired) electrons. The first-order valence-electron chi connectivity index (χ1n) is 6.57. The SMILES string of the molecule is CCC(C)C(C)[C@@H]1OC(C)=CC(N)C1NC=C=O. The minimum Gasteiger partial charge on any atom is -0.493 e. The highest BCUT2D eigenvalue weighted by atomic mass is 16.5. The maximum atomic E-state index is 10.3. The van der Waals surface area contributed by atoms with Crippen molar-refractivity contribution in [2.45, 2.75) is 52.3 Å². The standard InChI is InChI=1S/C14H24N2O2/c1-5-9(2)11(4)14-13(16-6-7-17)12(15)8-10(3)18-14/h6,8-9,11-14,16H,5,15H2,1-4H3/t9?,11?,12?,13?,14-/m0/s1. The van der Waals surface area contributed by atoms with E-state index in [-0.39, 0.29) is 18.2 Å². The van der Waals surface area contributed by atoms with E-state index >= 15 is 0 Å². The van der Waals surface area contributed by atoms with Gasteiger partial charge < -0.3 is 15.8 Å². The third-order valence-electron chi connectivity index (χ3n) is 3.91. The van der Waals surface area contributed by atoms with Crippen LogP contribution in [0.3, 0.4) is 0 Å². The van der Waals surface area contributed by atoms with Gasteiger partial charge >= 0.3 is 0 Å². The van der Waals surface area contributed by atoms with Crippen LogP contribution in [0.1, 0.15) is 34.1 Å². The molecule has 0 saturated heterocycles. The number of hydrogen-bond acceptors (Lipinski definition) is 4. The van der Waals surface area contributed by atoms with Crippen molar-refractivity contribution in [2.75, 3.05) is 0 Å². The van der Waals surface area contributed by atoms with Gasteiger partial charge in [-0.1, -0.05) is 27.2 Å². The fourth-order valence-corrected chi connectivity index (χ4v) is 2.39. The molecule has 1 aliphatic heterocycles. The zero-order valence-electron chi connectivity index (χ0n) is 11.6. The van der Waals surface area contributed by atoms with Crippen molar-refractivity contribution in [3.8, 4) is 0 Å². The number of nitrogens with one attached hydrogen (secondary N) is 1. The van der Waals surface area contributed by atoms with Crippen LogP contribution in [0.5, 0.6) is 0 Å². The van der Waals surface area contributed by atoms with Crippen molar-refractivity contribution in [2.24, 2.45) is 17.6 Å². The van der Waals surface area contributed by atoms with Gasteiger partial charge in [-0.25, -0.2) is 4.79 Å². The van der Waals surface area contributed by atoms with Crippen LogP contribution in [0.25, 0.3) is 0 Å². The molecule has 0 aliphatic carbocycles. The van der Waals surface area contributed by atoms with E-state index in [4.69, 9.17) is 10.5 Å². The molecule has 4 heteroatoms. The predicted octanol–water partition coefficient (Wildman–Crippen LogP) is 1.60. The first-order valence-corrected chi connectivity index (χ1v) is 6.57. The molecule has 4 nitrogen and oxygen atoms in total. The van der Waals surface area contributed by atoms with Gasteiger partial charge in [0.25, 0.3) is 0 Å². The molecule has 0 bridgehead atoms. The van der Waals surface area contributed by atoms with Gasteiger partial charge in [-0.3, -0.25) is 0 Å². The van der Waals surface area contributed by atoms with Crippen molar-refractivity contribution >= 4 is 5.94 Å². The van der Waals surface area contributed by atoms with Gasteiger partial charge in [0.1, 0.15) is 12.0 Å². The number of rotatable bonds is 5. The van der Waals surface area contributed by atoms with Gasteiger partial charge in [0, 0.05) is 0 Å². The molecule has 4 unspecified atom stereocenters. The van der Waals surface area contributed by atoms with Crippen LogP contribution in [0, 0.1) is 11.8 Å². The van der Waals surface area contributed by atoms with Crippen molar-refractivity contribution in [1.29, 1.82) is 0 Å². The highest BCUT2D eigenvalue weighted by Crippen LogP contribution is 2.28. The lowest BCUT2D eigenvalue weighted by Gasteiger charge is -2.40. The molecule has 1 heterocycles. The van der Waals surface area contributed by atoms with Gasteiger partial charge in [-0.05, 0) is 24.8 Å². The summed E-state index contributed by atoms with van der Waals surface area (Å²) in [5, 5.41) is 3.01. The summed E-state index contributed by atoms with van der Waals surface area (Å²) in [6.07, 6.45) is 4.23. The molecule has 1 aliphatic rings. The lowest BCUT2D eigenvalue weighted by atomic mass is 9.82.